The molecule has 9 heteroatoms. The fourth-order valence-electron chi connectivity index (χ4n) is 3.73. The minimum atomic E-state index is -3.77. The third kappa shape index (κ3) is 6.96. The topological polar surface area (TPSA) is 96.0 Å². The summed E-state index contributed by atoms with van der Waals surface area (Å²) in [6, 6.07) is 11.7. The molecule has 2 aromatic carbocycles. The zero-order chi connectivity index (χ0) is 25.6. The smallest absolute Gasteiger partial charge is 0.244 e. The molecule has 0 bridgehead atoms. The molecule has 0 aliphatic rings. The molecular formula is C25H35N3O5S. The van der Waals surface area contributed by atoms with E-state index in [1.54, 1.807) is 58.2 Å². The number of aryl methyl sites for hydroxylation is 2. The Morgan fingerprint density at radius 1 is 1.03 bits per heavy atom. The highest BCUT2D eigenvalue weighted by Crippen LogP contribution is 2.27. The summed E-state index contributed by atoms with van der Waals surface area (Å²) in [6.45, 7) is 8.62. The minimum Gasteiger partial charge on any atom is -0.497 e. The minimum absolute atomic E-state index is 0.106. The molecule has 8 nitrogen and oxygen atoms in total. The molecule has 2 amide bonds. The van der Waals surface area contributed by atoms with Gasteiger partial charge in [0.25, 0.3) is 0 Å². The average molecular weight is 490 g/mol. The second-order valence-corrected chi connectivity index (χ2v) is 10.6. The molecule has 1 unspecified atom stereocenters. The van der Waals surface area contributed by atoms with Crippen molar-refractivity contribution in [3.8, 4) is 5.75 Å². The summed E-state index contributed by atoms with van der Waals surface area (Å²) in [5, 5.41) is 2.83. The lowest BCUT2D eigenvalue weighted by molar-refractivity contribution is -0.139. The van der Waals surface area contributed by atoms with Crippen molar-refractivity contribution >= 4 is 27.5 Å². The summed E-state index contributed by atoms with van der Waals surface area (Å²) in [5.74, 6) is -0.177. The number of carbonyl (C=O) groups excluding carboxylic acids is 2. The van der Waals surface area contributed by atoms with Gasteiger partial charge in [0.15, 0.2) is 0 Å². The van der Waals surface area contributed by atoms with Gasteiger partial charge in [0, 0.05) is 12.6 Å². The van der Waals surface area contributed by atoms with Gasteiger partial charge in [-0.15, -0.1) is 0 Å². The maximum Gasteiger partial charge on any atom is 0.244 e. The van der Waals surface area contributed by atoms with Crippen molar-refractivity contribution in [2.24, 2.45) is 0 Å². The molecule has 34 heavy (non-hydrogen) atoms. The van der Waals surface area contributed by atoms with Crippen molar-refractivity contribution in [2.45, 2.75) is 53.2 Å². The lowest BCUT2D eigenvalue weighted by Gasteiger charge is -2.32. The maximum atomic E-state index is 13.6. The van der Waals surface area contributed by atoms with Gasteiger partial charge in [0.1, 0.15) is 18.3 Å². The molecule has 0 heterocycles. The lowest BCUT2D eigenvalue weighted by Crippen LogP contribution is -2.52. The molecule has 0 radical (unpaired) electrons. The molecule has 1 N–H and O–H groups in total. The number of methoxy groups -OCH3 is 1. The molecular weight excluding hydrogens is 454 g/mol. The van der Waals surface area contributed by atoms with Crippen molar-refractivity contribution in [1.29, 1.82) is 0 Å². The highest BCUT2D eigenvalue weighted by Gasteiger charge is 2.31. The van der Waals surface area contributed by atoms with Crippen molar-refractivity contribution in [3.63, 3.8) is 0 Å². The van der Waals surface area contributed by atoms with Crippen molar-refractivity contribution < 1.29 is 22.7 Å². The van der Waals surface area contributed by atoms with E-state index >= 15 is 0 Å². The first-order valence-corrected chi connectivity index (χ1v) is 13.0. The molecule has 0 spiro atoms. The summed E-state index contributed by atoms with van der Waals surface area (Å²) in [7, 11) is -2.22. The first kappa shape index (κ1) is 27.2. The Bertz CT molecular complexity index is 1110. The van der Waals surface area contributed by atoms with Crippen LogP contribution in [-0.2, 0) is 26.2 Å². The SMILES string of the molecule is COc1cccc(CN(C(=O)CN(c2c(C)cccc2C)S(C)(=O)=O)C(C)C(=O)NC(C)C)c1. The van der Waals surface area contributed by atoms with E-state index in [0.29, 0.717) is 11.4 Å². The van der Waals surface area contributed by atoms with Gasteiger partial charge >= 0.3 is 0 Å². The highest BCUT2D eigenvalue weighted by atomic mass is 32.2. The Kier molecular flexibility index (Phi) is 9.09. The zero-order valence-electron chi connectivity index (χ0n) is 21.0. The van der Waals surface area contributed by atoms with E-state index in [-0.39, 0.29) is 18.5 Å². The quantitative estimate of drug-likeness (QED) is 0.554. The summed E-state index contributed by atoms with van der Waals surface area (Å²) >= 11 is 0. The van der Waals surface area contributed by atoms with Crippen LogP contribution in [0.1, 0.15) is 37.5 Å². The molecule has 0 fully saturated rings. The van der Waals surface area contributed by atoms with Gasteiger partial charge in [-0.2, -0.15) is 0 Å². The Morgan fingerprint density at radius 2 is 1.62 bits per heavy atom. The molecule has 0 aromatic heterocycles. The Balaban J connectivity index is 2.46. The predicted molar refractivity (Wildman–Crippen MR) is 134 cm³/mol. The van der Waals surface area contributed by atoms with Crippen molar-refractivity contribution in [3.05, 3.63) is 59.2 Å². The molecule has 2 rings (SSSR count). The largest absolute Gasteiger partial charge is 0.497 e. The zero-order valence-corrected chi connectivity index (χ0v) is 21.8. The van der Waals surface area contributed by atoms with E-state index in [1.807, 2.05) is 26.0 Å². The molecule has 0 saturated carbocycles. The van der Waals surface area contributed by atoms with Crippen LogP contribution in [0, 0.1) is 13.8 Å². The molecule has 0 saturated heterocycles. The third-order valence-corrected chi connectivity index (χ3v) is 6.57. The lowest BCUT2D eigenvalue weighted by atomic mass is 10.1. The number of rotatable bonds is 10. The monoisotopic (exact) mass is 489 g/mol. The number of hydrogen-bond acceptors (Lipinski definition) is 5. The maximum absolute atomic E-state index is 13.6. The van der Waals surface area contributed by atoms with E-state index in [1.165, 1.54) is 4.90 Å². The number of amides is 2. The molecule has 0 aliphatic heterocycles. The normalized spacial score (nSPS) is 12.2. The number of nitrogens with zero attached hydrogens (tertiary/aromatic N) is 2. The van der Waals surface area contributed by atoms with Crippen molar-refractivity contribution in [1.82, 2.24) is 10.2 Å². The number of benzene rings is 2. The molecule has 186 valence electrons. The number of sulfonamides is 1. The second kappa shape index (κ2) is 11.4. The van der Waals surface area contributed by atoms with Crippen LogP contribution in [0.4, 0.5) is 5.69 Å². The molecule has 2 aromatic rings. The van der Waals surface area contributed by atoms with Crippen LogP contribution < -0.4 is 14.4 Å². The van der Waals surface area contributed by atoms with Crippen LogP contribution in [0.5, 0.6) is 5.75 Å². The standard InChI is InChI=1S/C25H35N3O5S/c1-17(2)26-25(30)20(5)27(15-21-12-9-13-22(14-21)33-6)23(29)16-28(34(7,31)32)24-18(3)10-8-11-19(24)4/h8-14,17,20H,15-16H2,1-7H3,(H,26,30). The van der Waals surface area contributed by atoms with Gasteiger partial charge in [-0.1, -0.05) is 30.3 Å². The van der Waals surface area contributed by atoms with Crippen LogP contribution >= 0.6 is 0 Å². The predicted octanol–water partition coefficient (Wildman–Crippen LogP) is 3.02. The van der Waals surface area contributed by atoms with Gasteiger partial charge in [-0.3, -0.25) is 13.9 Å². The van der Waals surface area contributed by atoms with Crippen molar-refractivity contribution in [2.75, 3.05) is 24.2 Å². The summed E-state index contributed by atoms with van der Waals surface area (Å²) < 4.78 is 31.9. The number of hydrogen-bond donors (Lipinski definition) is 1. The number of nitrogens with one attached hydrogen (secondary N) is 1. The Morgan fingerprint density at radius 3 is 2.15 bits per heavy atom. The van der Waals surface area contributed by atoms with Crippen LogP contribution in [0.25, 0.3) is 0 Å². The molecule has 1 atom stereocenters. The number of ether oxygens (including phenoxy) is 1. The summed E-state index contributed by atoms with van der Waals surface area (Å²) in [4.78, 5) is 27.8. The number of anilines is 1. The van der Waals surface area contributed by atoms with Gasteiger partial charge in [-0.05, 0) is 63.4 Å². The highest BCUT2D eigenvalue weighted by molar-refractivity contribution is 7.92. The van der Waals surface area contributed by atoms with Crippen LogP contribution in [0.2, 0.25) is 0 Å². The Labute approximate surface area is 202 Å². The third-order valence-electron chi connectivity index (χ3n) is 5.45. The van der Waals surface area contributed by atoms with E-state index in [9.17, 15) is 18.0 Å². The van der Waals surface area contributed by atoms with Crippen LogP contribution in [0.3, 0.4) is 0 Å². The summed E-state index contributed by atoms with van der Waals surface area (Å²) in [6.07, 6.45) is 1.08. The fourth-order valence-corrected chi connectivity index (χ4v) is 4.69. The van der Waals surface area contributed by atoms with Gasteiger partial charge < -0.3 is 15.0 Å². The first-order valence-electron chi connectivity index (χ1n) is 11.1. The van der Waals surface area contributed by atoms with Gasteiger partial charge in [-0.25, -0.2) is 8.42 Å². The second-order valence-electron chi connectivity index (χ2n) is 8.72. The number of para-hydroxylation sites is 1. The summed E-state index contributed by atoms with van der Waals surface area (Å²) in [5.41, 5.74) is 2.71. The van der Waals surface area contributed by atoms with Crippen LogP contribution in [-0.4, -0.2) is 57.1 Å². The van der Waals surface area contributed by atoms with Gasteiger partial charge in [0.05, 0.1) is 19.1 Å². The first-order chi connectivity index (χ1) is 15.8. The van der Waals surface area contributed by atoms with Gasteiger partial charge in [0.2, 0.25) is 21.8 Å². The Hall–Kier alpha value is -3.07. The van der Waals surface area contributed by atoms with E-state index < -0.39 is 28.5 Å². The van der Waals surface area contributed by atoms with E-state index in [2.05, 4.69) is 5.32 Å². The van der Waals surface area contributed by atoms with E-state index in [0.717, 1.165) is 27.3 Å². The molecule has 0 aliphatic carbocycles. The fraction of sp³-hybridized carbons (Fsp3) is 0.440. The van der Waals surface area contributed by atoms with Crippen LogP contribution in [0.15, 0.2) is 42.5 Å². The average Bonchev–Trinajstić information content (AvgIpc) is 2.75. The van der Waals surface area contributed by atoms with E-state index in [4.69, 9.17) is 4.74 Å². The number of carbonyl (C=O) groups is 2.